The van der Waals surface area contributed by atoms with E-state index in [1.165, 1.54) is 30.9 Å². The van der Waals surface area contributed by atoms with E-state index in [1.54, 1.807) is 6.07 Å². The van der Waals surface area contributed by atoms with Crippen molar-refractivity contribution in [3.05, 3.63) is 47.5 Å². The number of fused-ring (bicyclic) bond motifs is 1. The van der Waals surface area contributed by atoms with E-state index in [0.29, 0.717) is 11.3 Å². The summed E-state index contributed by atoms with van der Waals surface area (Å²) in [6.07, 6.45) is 2.88. The zero-order chi connectivity index (χ0) is 18.4. The number of aliphatic carboxylic acids is 1. The van der Waals surface area contributed by atoms with Crippen molar-refractivity contribution in [1.29, 1.82) is 0 Å². The van der Waals surface area contributed by atoms with Crippen molar-refractivity contribution in [2.24, 2.45) is 0 Å². The van der Waals surface area contributed by atoms with Crippen molar-refractivity contribution >= 4 is 28.5 Å². The lowest BCUT2D eigenvalue weighted by atomic mass is 10.1. The number of hydrogen-bond donors (Lipinski definition) is 2. The Morgan fingerprint density at radius 1 is 1.20 bits per heavy atom. The molecule has 3 rings (SSSR count). The number of benzene rings is 1. The van der Waals surface area contributed by atoms with Crippen LogP contribution in [0.2, 0.25) is 0 Å². The maximum absolute atomic E-state index is 12.4. The van der Waals surface area contributed by atoms with E-state index in [1.807, 2.05) is 26.0 Å². The van der Waals surface area contributed by atoms with Crippen molar-refractivity contribution in [2.75, 3.05) is 5.32 Å². The van der Waals surface area contributed by atoms with Crippen LogP contribution in [0.4, 0.5) is 5.69 Å². The Hall–Kier alpha value is -3.09. The predicted octanol–water partition coefficient (Wildman–Crippen LogP) is 3.32. The first kappa shape index (κ1) is 16.8. The molecule has 3 aromatic rings. The number of carboxylic acid groups (broad SMARTS) is 1. The van der Waals surface area contributed by atoms with Gasteiger partial charge >= 0.3 is 5.97 Å². The third-order valence-corrected chi connectivity index (χ3v) is 4.29. The van der Waals surface area contributed by atoms with Crippen LogP contribution in [0.25, 0.3) is 11.0 Å². The van der Waals surface area contributed by atoms with Crippen LogP contribution in [0.5, 0.6) is 0 Å². The summed E-state index contributed by atoms with van der Waals surface area (Å²) < 4.78 is 6.90. The summed E-state index contributed by atoms with van der Waals surface area (Å²) in [5.41, 5.74) is 2.05. The maximum atomic E-state index is 12.4. The third-order valence-electron chi connectivity index (χ3n) is 4.29. The summed E-state index contributed by atoms with van der Waals surface area (Å²) in [5.74, 6) is -1.25. The predicted molar refractivity (Wildman–Crippen MR) is 92.8 cm³/mol. The van der Waals surface area contributed by atoms with E-state index in [4.69, 9.17) is 4.42 Å². The molecule has 0 fully saturated rings. The molecule has 0 atom stereocenters. The molecule has 0 aliphatic heterocycles. The highest BCUT2D eigenvalue weighted by Gasteiger charge is 2.30. The van der Waals surface area contributed by atoms with Gasteiger partial charge in [0.05, 0.1) is 11.9 Å². The fourth-order valence-corrected chi connectivity index (χ4v) is 2.40. The number of aromatic nitrogens is 2. The Morgan fingerprint density at radius 2 is 1.88 bits per heavy atom. The van der Waals surface area contributed by atoms with Gasteiger partial charge in [-0.2, -0.15) is 5.10 Å². The third kappa shape index (κ3) is 3.00. The number of amides is 1. The fraction of sp³-hybridized carbons (Fsp3) is 0.278. The van der Waals surface area contributed by atoms with Gasteiger partial charge < -0.3 is 14.8 Å². The van der Waals surface area contributed by atoms with Crippen LogP contribution in [0.15, 0.2) is 35.0 Å². The topological polar surface area (TPSA) is 97.4 Å². The molecule has 0 saturated carbocycles. The summed E-state index contributed by atoms with van der Waals surface area (Å²) in [5, 5.41) is 16.8. The zero-order valence-electron chi connectivity index (χ0n) is 14.5. The number of carbonyl (C=O) groups is 2. The van der Waals surface area contributed by atoms with E-state index < -0.39 is 17.4 Å². The molecule has 25 heavy (non-hydrogen) atoms. The molecule has 7 nitrogen and oxygen atoms in total. The molecule has 0 aliphatic carbocycles. The lowest BCUT2D eigenvalue weighted by Gasteiger charge is -2.19. The monoisotopic (exact) mass is 341 g/mol. The molecule has 2 aromatic heterocycles. The summed E-state index contributed by atoms with van der Waals surface area (Å²) in [6.45, 7) is 7.03. The molecule has 2 heterocycles. The van der Waals surface area contributed by atoms with Crippen LogP contribution in [0.3, 0.4) is 0 Å². The molecule has 130 valence electrons. The number of anilines is 1. The first-order valence-corrected chi connectivity index (χ1v) is 7.79. The second-order valence-corrected chi connectivity index (χ2v) is 6.58. The molecule has 0 radical (unpaired) electrons. The van der Waals surface area contributed by atoms with Crippen LogP contribution in [-0.2, 0) is 10.3 Å². The molecular formula is C18H19N3O4. The quantitative estimate of drug-likeness (QED) is 0.759. The van der Waals surface area contributed by atoms with Crippen LogP contribution >= 0.6 is 0 Å². The lowest BCUT2D eigenvalue weighted by Crippen LogP contribution is -2.35. The largest absolute Gasteiger partial charge is 0.479 e. The number of aryl methyl sites for hydroxylation is 2. The SMILES string of the molecule is Cc1cc2cc(C(=O)Nc3cnn(C(C)(C)C(=O)O)c3)oc2cc1C. The zero-order valence-corrected chi connectivity index (χ0v) is 14.5. The minimum absolute atomic E-state index is 0.185. The number of carboxylic acids is 1. The Balaban J connectivity index is 1.83. The van der Waals surface area contributed by atoms with Crippen molar-refractivity contribution in [3.63, 3.8) is 0 Å². The van der Waals surface area contributed by atoms with Gasteiger partial charge in [-0.3, -0.25) is 9.48 Å². The first-order valence-electron chi connectivity index (χ1n) is 7.79. The molecule has 0 unspecified atom stereocenters. The molecule has 1 aromatic carbocycles. The molecule has 2 N–H and O–H groups in total. The number of hydrogen-bond acceptors (Lipinski definition) is 4. The van der Waals surface area contributed by atoms with Gasteiger partial charge in [-0.25, -0.2) is 4.79 Å². The second-order valence-electron chi connectivity index (χ2n) is 6.58. The molecule has 0 spiro atoms. The lowest BCUT2D eigenvalue weighted by molar-refractivity contribution is -0.146. The van der Waals surface area contributed by atoms with Gasteiger partial charge in [0.2, 0.25) is 0 Å². The summed E-state index contributed by atoms with van der Waals surface area (Å²) in [4.78, 5) is 23.7. The van der Waals surface area contributed by atoms with E-state index >= 15 is 0 Å². The number of carbonyl (C=O) groups excluding carboxylic acids is 1. The maximum Gasteiger partial charge on any atom is 0.331 e. The Morgan fingerprint density at radius 3 is 2.56 bits per heavy atom. The minimum Gasteiger partial charge on any atom is -0.479 e. The van der Waals surface area contributed by atoms with Crippen LogP contribution in [-0.4, -0.2) is 26.8 Å². The Kier molecular flexibility index (Phi) is 3.87. The first-order chi connectivity index (χ1) is 11.7. The molecule has 1 amide bonds. The Labute approximate surface area is 144 Å². The van der Waals surface area contributed by atoms with E-state index in [9.17, 15) is 14.7 Å². The number of nitrogens with zero attached hydrogens (tertiary/aromatic N) is 2. The summed E-state index contributed by atoms with van der Waals surface area (Å²) >= 11 is 0. The van der Waals surface area contributed by atoms with Crippen molar-refractivity contribution < 1.29 is 19.1 Å². The van der Waals surface area contributed by atoms with Crippen molar-refractivity contribution in [2.45, 2.75) is 33.2 Å². The smallest absolute Gasteiger partial charge is 0.331 e. The Bertz CT molecular complexity index is 943. The van der Waals surface area contributed by atoms with Crippen molar-refractivity contribution in [3.8, 4) is 0 Å². The molecule has 0 bridgehead atoms. The highest BCUT2D eigenvalue weighted by Crippen LogP contribution is 2.24. The van der Waals surface area contributed by atoms with Gasteiger partial charge in [-0.15, -0.1) is 0 Å². The summed E-state index contributed by atoms with van der Waals surface area (Å²) in [7, 11) is 0. The van der Waals surface area contributed by atoms with Gasteiger partial charge in [0.1, 0.15) is 5.58 Å². The van der Waals surface area contributed by atoms with E-state index in [2.05, 4.69) is 10.4 Å². The molecule has 0 saturated heterocycles. The summed E-state index contributed by atoms with van der Waals surface area (Å²) in [6, 6.07) is 5.55. The molecular weight excluding hydrogens is 322 g/mol. The van der Waals surface area contributed by atoms with Crippen LogP contribution < -0.4 is 5.32 Å². The number of nitrogens with one attached hydrogen (secondary N) is 1. The highest BCUT2D eigenvalue weighted by atomic mass is 16.4. The van der Waals surface area contributed by atoms with Gasteiger partial charge in [0.25, 0.3) is 5.91 Å². The number of furan rings is 1. The van der Waals surface area contributed by atoms with E-state index in [-0.39, 0.29) is 5.76 Å². The van der Waals surface area contributed by atoms with Crippen LogP contribution in [0.1, 0.15) is 35.5 Å². The van der Waals surface area contributed by atoms with Gasteiger partial charge in [-0.05, 0) is 57.0 Å². The normalized spacial score (nSPS) is 11.7. The minimum atomic E-state index is -1.21. The van der Waals surface area contributed by atoms with E-state index in [0.717, 1.165) is 16.5 Å². The van der Waals surface area contributed by atoms with Gasteiger partial charge in [0.15, 0.2) is 11.3 Å². The van der Waals surface area contributed by atoms with Crippen molar-refractivity contribution in [1.82, 2.24) is 9.78 Å². The second kappa shape index (κ2) is 5.77. The fourth-order valence-electron chi connectivity index (χ4n) is 2.40. The average molecular weight is 341 g/mol. The van der Waals surface area contributed by atoms with Gasteiger partial charge in [0, 0.05) is 11.6 Å². The molecule has 7 heteroatoms. The standard InChI is InChI=1S/C18H19N3O4/c1-10-5-12-7-15(25-14(12)6-11(10)2)16(22)20-13-8-19-21(9-13)18(3,4)17(23)24/h5-9H,1-4H3,(H,20,22)(H,23,24). The molecule has 0 aliphatic rings. The van der Waals surface area contributed by atoms with Gasteiger partial charge in [-0.1, -0.05) is 0 Å². The highest BCUT2D eigenvalue weighted by molar-refractivity contribution is 6.04. The van der Waals surface area contributed by atoms with Crippen LogP contribution in [0, 0.1) is 13.8 Å². The average Bonchev–Trinajstić information content (AvgIpc) is 3.14. The number of rotatable bonds is 4.